The maximum Gasteiger partial charge on any atom is 0.305 e. The number of amides is 1. The number of hydrogen-bond acceptors (Lipinski definition) is 3. The lowest BCUT2D eigenvalue weighted by Crippen LogP contribution is -2.33. The van der Waals surface area contributed by atoms with Gasteiger partial charge in [0.25, 0.3) is 11.5 Å². The third kappa shape index (κ3) is 2.94. The summed E-state index contributed by atoms with van der Waals surface area (Å²) in [7, 11) is 1.46. The first-order chi connectivity index (χ1) is 7.52. The van der Waals surface area contributed by atoms with Gasteiger partial charge in [0.15, 0.2) is 0 Å². The molecule has 0 unspecified atom stereocenters. The van der Waals surface area contributed by atoms with Gasteiger partial charge in [-0.25, -0.2) is 0 Å². The summed E-state index contributed by atoms with van der Waals surface area (Å²) in [5, 5.41) is 8.46. The van der Waals surface area contributed by atoms with Crippen LogP contribution in [0.2, 0.25) is 0 Å². The van der Waals surface area contributed by atoms with Gasteiger partial charge in [0, 0.05) is 19.8 Å². The first-order valence-corrected chi connectivity index (χ1v) is 4.67. The molecule has 0 aromatic carbocycles. The number of nitrogens with one attached hydrogen (secondary N) is 1. The van der Waals surface area contributed by atoms with Gasteiger partial charge in [0.1, 0.15) is 5.56 Å². The number of nitrogens with zero attached hydrogens (tertiary/aromatic N) is 1. The normalized spacial score (nSPS) is 9.81. The lowest BCUT2D eigenvalue weighted by molar-refractivity contribution is -0.137. The maximum absolute atomic E-state index is 11.7. The van der Waals surface area contributed by atoms with Crippen LogP contribution in [0.5, 0.6) is 0 Å². The summed E-state index contributed by atoms with van der Waals surface area (Å²) >= 11 is 0. The number of H-pyrrole nitrogens is 1. The van der Waals surface area contributed by atoms with E-state index in [1.807, 2.05) is 0 Å². The Balaban J connectivity index is 2.75. The van der Waals surface area contributed by atoms with Crippen molar-refractivity contribution in [1.29, 1.82) is 0 Å². The van der Waals surface area contributed by atoms with Gasteiger partial charge in [-0.1, -0.05) is 0 Å². The molecule has 0 fully saturated rings. The van der Waals surface area contributed by atoms with Crippen molar-refractivity contribution >= 4 is 11.9 Å². The molecule has 0 radical (unpaired) electrons. The van der Waals surface area contributed by atoms with Gasteiger partial charge in [-0.3, -0.25) is 14.4 Å². The van der Waals surface area contributed by atoms with E-state index in [4.69, 9.17) is 5.11 Å². The third-order valence-corrected chi connectivity index (χ3v) is 2.06. The maximum atomic E-state index is 11.7. The van der Waals surface area contributed by atoms with Crippen LogP contribution in [0.1, 0.15) is 16.8 Å². The zero-order valence-electron chi connectivity index (χ0n) is 8.77. The van der Waals surface area contributed by atoms with Crippen molar-refractivity contribution in [2.75, 3.05) is 13.6 Å². The third-order valence-electron chi connectivity index (χ3n) is 2.06. The minimum absolute atomic E-state index is 0.00962. The number of aromatic amines is 1. The number of carbonyl (C=O) groups is 2. The fourth-order valence-electron chi connectivity index (χ4n) is 1.16. The van der Waals surface area contributed by atoms with Gasteiger partial charge in [-0.05, 0) is 12.1 Å². The summed E-state index contributed by atoms with van der Waals surface area (Å²) in [6.45, 7) is 0.0719. The highest BCUT2D eigenvalue weighted by Gasteiger charge is 2.15. The fourth-order valence-corrected chi connectivity index (χ4v) is 1.16. The molecule has 2 N–H and O–H groups in total. The Bertz CT molecular complexity index is 452. The Morgan fingerprint density at radius 1 is 1.50 bits per heavy atom. The number of carboxylic acid groups (broad SMARTS) is 1. The van der Waals surface area contributed by atoms with Crippen LogP contribution in [0.4, 0.5) is 0 Å². The molecule has 0 aliphatic rings. The van der Waals surface area contributed by atoms with Crippen molar-refractivity contribution in [3.63, 3.8) is 0 Å². The monoisotopic (exact) mass is 224 g/mol. The molecule has 0 aliphatic carbocycles. The van der Waals surface area contributed by atoms with E-state index in [2.05, 4.69) is 4.98 Å². The number of carboxylic acids is 1. The van der Waals surface area contributed by atoms with Crippen LogP contribution in [0, 0.1) is 0 Å². The summed E-state index contributed by atoms with van der Waals surface area (Å²) in [6, 6.07) is 2.94. The Hall–Kier alpha value is -2.11. The number of aromatic nitrogens is 1. The second-order valence-corrected chi connectivity index (χ2v) is 3.28. The van der Waals surface area contributed by atoms with Gasteiger partial charge < -0.3 is 15.0 Å². The molecular weight excluding hydrogens is 212 g/mol. The highest BCUT2D eigenvalue weighted by atomic mass is 16.4. The van der Waals surface area contributed by atoms with Crippen molar-refractivity contribution in [3.8, 4) is 0 Å². The topological polar surface area (TPSA) is 90.5 Å². The zero-order valence-corrected chi connectivity index (χ0v) is 8.77. The SMILES string of the molecule is CN(CCC(=O)O)C(=O)c1ccc[nH]c1=O. The first-order valence-electron chi connectivity index (χ1n) is 4.67. The van der Waals surface area contributed by atoms with E-state index in [-0.39, 0.29) is 18.5 Å². The molecule has 1 aromatic heterocycles. The largest absolute Gasteiger partial charge is 0.481 e. The predicted molar refractivity (Wildman–Crippen MR) is 56.3 cm³/mol. The Morgan fingerprint density at radius 2 is 2.19 bits per heavy atom. The average molecular weight is 224 g/mol. The Morgan fingerprint density at radius 3 is 2.75 bits per heavy atom. The Kier molecular flexibility index (Phi) is 3.82. The van der Waals surface area contributed by atoms with Crippen molar-refractivity contribution in [1.82, 2.24) is 9.88 Å². The molecule has 1 amide bonds. The van der Waals surface area contributed by atoms with Gasteiger partial charge in [0.2, 0.25) is 0 Å². The number of aliphatic carboxylic acids is 1. The van der Waals surface area contributed by atoms with Crippen molar-refractivity contribution in [2.45, 2.75) is 6.42 Å². The number of carbonyl (C=O) groups excluding carboxylic acids is 1. The molecular formula is C10H12N2O4. The molecule has 0 aliphatic heterocycles. The molecule has 1 aromatic rings. The first kappa shape index (κ1) is 12.0. The minimum Gasteiger partial charge on any atom is -0.481 e. The highest BCUT2D eigenvalue weighted by Crippen LogP contribution is 1.97. The van der Waals surface area contributed by atoms with Crippen LogP contribution < -0.4 is 5.56 Å². The lowest BCUT2D eigenvalue weighted by Gasteiger charge is -2.15. The molecule has 0 saturated heterocycles. The molecule has 1 heterocycles. The summed E-state index contributed by atoms with van der Waals surface area (Å²) in [6.07, 6.45) is 1.28. The van der Waals surface area contributed by atoms with Crippen molar-refractivity contribution in [2.24, 2.45) is 0 Å². The van der Waals surface area contributed by atoms with Gasteiger partial charge in [-0.2, -0.15) is 0 Å². The van der Waals surface area contributed by atoms with E-state index in [1.165, 1.54) is 24.2 Å². The minimum atomic E-state index is -0.985. The van der Waals surface area contributed by atoms with E-state index < -0.39 is 17.4 Å². The number of rotatable bonds is 4. The van der Waals surface area contributed by atoms with E-state index in [1.54, 1.807) is 6.07 Å². The second-order valence-electron chi connectivity index (χ2n) is 3.28. The average Bonchev–Trinajstić information content (AvgIpc) is 2.25. The lowest BCUT2D eigenvalue weighted by atomic mass is 10.2. The molecule has 86 valence electrons. The summed E-state index contributed by atoms with van der Waals surface area (Å²) in [5.74, 6) is -1.47. The van der Waals surface area contributed by atoms with Crippen LogP contribution in [0.15, 0.2) is 23.1 Å². The zero-order chi connectivity index (χ0) is 12.1. The number of hydrogen-bond donors (Lipinski definition) is 2. The molecule has 0 spiro atoms. The summed E-state index contributed by atoms with van der Waals surface area (Å²) < 4.78 is 0. The second kappa shape index (κ2) is 5.11. The van der Waals surface area contributed by atoms with Crippen LogP contribution in [0.3, 0.4) is 0 Å². The fraction of sp³-hybridized carbons (Fsp3) is 0.300. The van der Waals surface area contributed by atoms with E-state index in [9.17, 15) is 14.4 Å². The molecule has 0 saturated carbocycles. The van der Waals surface area contributed by atoms with E-state index in [0.717, 1.165) is 0 Å². The molecule has 0 atom stereocenters. The van der Waals surface area contributed by atoms with Crippen molar-refractivity contribution in [3.05, 3.63) is 34.2 Å². The summed E-state index contributed by atoms with van der Waals surface area (Å²) in [4.78, 5) is 36.9. The van der Waals surface area contributed by atoms with E-state index >= 15 is 0 Å². The number of pyridine rings is 1. The molecule has 6 nitrogen and oxygen atoms in total. The molecule has 0 bridgehead atoms. The van der Waals surface area contributed by atoms with Crippen LogP contribution >= 0.6 is 0 Å². The quantitative estimate of drug-likeness (QED) is 0.748. The van der Waals surface area contributed by atoms with Gasteiger partial charge >= 0.3 is 5.97 Å². The molecule has 1 rings (SSSR count). The van der Waals surface area contributed by atoms with Crippen LogP contribution in [0.25, 0.3) is 0 Å². The van der Waals surface area contributed by atoms with Crippen molar-refractivity contribution < 1.29 is 14.7 Å². The summed E-state index contributed by atoms with van der Waals surface area (Å²) in [5.41, 5.74) is -0.468. The predicted octanol–water partition coefficient (Wildman–Crippen LogP) is -0.0784. The van der Waals surface area contributed by atoms with Gasteiger partial charge in [-0.15, -0.1) is 0 Å². The smallest absolute Gasteiger partial charge is 0.305 e. The standard InChI is InChI=1S/C10H12N2O4/c1-12(6-4-8(13)14)10(16)7-3-2-5-11-9(7)15/h2-3,5H,4,6H2,1H3,(H,11,15)(H,13,14). The van der Waals surface area contributed by atoms with E-state index in [0.29, 0.717) is 0 Å². The molecule has 16 heavy (non-hydrogen) atoms. The van der Waals surface area contributed by atoms with Gasteiger partial charge in [0.05, 0.1) is 6.42 Å². The van der Waals surface area contributed by atoms with Crippen LogP contribution in [-0.2, 0) is 4.79 Å². The van der Waals surface area contributed by atoms with Crippen LogP contribution in [-0.4, -0.2) is 40.5 Å². The Labute approximate surface area is 91.5 Å². The molecule has 6 heteroatoms. The highest BCUT2D eigenvalue weighted by molar-refractivity contribution is 5.93.